The summed E-state index contributed by atoms with van der Waals surface area (Å²) in [5.41, 5.74) is 6.53. The summed E-state index contributed by atoms with van der Waals surface area (Å²) in [6.45, 7) is 12.8. The molecular weight excluding hydrogens is 454 g/mol. The van der Waals surface area contributed by atoms with Crippen LogP contribution in [0.15, 0.2) is 20.9 Å². The lowest BCUT2D eigenvalue weighted by molar-refractivity contribution is -0.0767. The number of carbonyl (C=O) groups is 1. The number of allylic oxidation sites excluding steroid dienone is 2. The molecule has 0 aromatic carbocycles. The molecule has 0 spiro atoms. The number of rotatable bonds is 6. The standard InChI is InChI=1S/C24H35N5O4S/c1-13(2)12-28-22-18(20(30)27(7)23(28)32)17(21(31)29-9-8-10-33-29)16(34-22)11-15(14(3)25)19(26)24(4,5)6/h13,26H,8-12,25H2,1-7H3. The van der Waals surface area contributed by atoms with Crippen LogP contribution in [-0.4, -0.2) is 39.0 Å². The van der Waals surface area contributed by atoms with E-state index in [-0.39, 0.29) is 23.3 Å². The Bertz CT molecular complexity index is 1280. The second-order valence-electron chi connectivity index (χ2n) is 10.3. The van der Waals surface area contributed by atoms with Crippen molar-refractivity contribution in [3.8, 4) is 0 Å². The smallest absolute Gasteiger partial charge is 0.331 e. The highest BCUT2D eigenvalue weighted by Gasteiger charge is 2.32. The number of hydroxylamine groups is 2. The van der Waals surface area contributed by atoms with E-state index in [9.17, 15) is 14.4 Å². The molecule has 1 saturated heterocycles. The fourth-order valence-corrected chi connectivity index (χ4v) is 5.32. The van der Waals surface area contributed by atoms with E-state index in [1.165, 1.54) is 23.4 Å². The molecule has 0 aliphatic carbocycles. The number of amides is 1. The molecule has 2 aromatic heterocycles. The fourth-order valence-electron chi connectivity index (χ4n) is 4.02. The molecular formula is C24H35N5O4S. The van der Waals surface area contributed by atoms with Gasteiger partial charge in [0.25, 0.3) is 11.5 Å². The number of fused-ring (bicyclic) bond motifs is 1. The molecule has 1 aliphatic heterocycles. The molecule has 3 heterocycles. The maximum atomic E-state index is 13.6. The molecule has 0 saturated carbocycles. The quantitative estimate of drug-likeness (QED) is 0.604. The Morgan fingerprint density at radius 3 is 2.41 bits per heavy atom. The molecule has 1 fully saturated rings. The third-order valence-electron chi connectivity index (χ3n) is 5.85. The third-order valence-corrected chi connectivity index (χ3v) is 7.06. The lowest BCUT2D eigenvalue weighted by Gasteiger charge is -2.23. The van der Waals surface area contributed by atoms with E-state index in [2.05, 4.69) is 0 Å². The lowest BCUT2D eigenvalue weighted by Crippen LogP contribution is -2.39. The zero-order valence-corrected chi connectivity index (χ0v) is 21.9. The van der Waals surface area contributed by atoms with Crippen LogP contribution in [0.3, 0.4) is 0 Å². The zero-order valence-electron chi connectivity index (χ0n) is 21.1. The molecule has 3 N–H and O–H groups in total. The minimum atomic E-state index is -0.508. The van der Waals surface area contributed by atoms with Crippen molar-refractivity contribution in [3.63, 3.8) is 0 Å². The number of hydrogen-bond donors (Lipinski definition) is 2. The number of thiophene rings is 1. The number of aromatic nitrogens is 2. The highest BCUT2D eigenvalue weighted by Crippen LogP contribution is 2.34. The Hall–Kier alpha value is -2.72. The number of carbonyl (C=O) groups excluding carboxylic acids is 1. The predicted octanol–water partition coefficient (Wildman–Crippen LogP) is 3.04. The van der Waals surface area contributed by atoms with Gasteiger partial charge in [0.1, 0.15) is 4.83 Å². The molecule has 0 radical (unpaired) electrons. The molecule has 186 valence electrons. The van der Waals surface area contributed by atoms with Gasteiger partial charge in [-0.2, -0.15) is 0 Å². The van der Waals surface area contributed by atoms with E-state index >= 15 is 0 Å². The number of hydrogen-bond acceptors (Lipinski definition) is 7. The summed E-state index contributed by atoms with van der Waals surface area (Å²) in [6, 6.07) is 0. The number of nitrogens with one attached hydrogen (secondary N) is 1. The zero-order chi connectivity index (χ0) is 25.5. The first-order valence-corrected chi connectivity index (χ1v) is 12.3. The van der Waals surface area contributed by atoms with Gasteiger partial charge in [-0.15, -0.1) is 11.3 Å². The van der Waals surface area contributed by atoms with Crippen molar-refractivity contribution in [2.45, 2.75) is 60.9 Å². The Balaban J connectivity index is 2.35. The van der Waals surface area contributed by atoms with Crippen molar-refractivity contribution in [3.05, 3.63) is 42.5 Å². The first-order chi connectivity index (χ1) is 15.8. The molecule has 0 atom stereocenters. The molecule has 0 unspecified atom stereocenters. The summed E-state index contributed by atoms with van der Waals surface area (Å²) in [4.78, 5) is 46.5. The average Bonchev–Trinajstić information content (AvgIpc) is 3.39. The van der Waals surface area contributed by atoms with E-state index in [1.807, 2.05) is 34.6 Å². The Morgan fingerprint density at radius 2 is 1.91 bits per heavy atom. The lowest BCUT2D eigenvalue weighted by atomic mass is 9.83. The minimum absolute atomic E-state index is 0.154. The molecule has 9 nitrogen and oxygen atoms in total. The summed E-state index contributed by atoms with van der Waals surface area (Å²) in [5, 5.41) is 10.2. The van der Waals surface area contributed by atoms with Gasteiger partial charge in [-0.1, -0.05) is 34.6 Å². The van der Waals surface area contributed by atoms with Gasteiger partial charge < -0.3 is 11.1 Å². The summed E-state index contributed by atoms with van der Waals surface area (Å²) in [5.74, 6) is -0.247. The van der Waals surface area contributed by atoms with Crippen LogP contribution in [0.25, 0.3) is 10.2 Å². The number of nitrogens with zero attached hydrogens (tertiary/aromatic N) is 3. The van der Waals surface area contributed by atoms with Crippen LogP contribution in [0.4, 0.5) is 0 Å². The van der Waals surface area contributed by atoms with Crippen LogP contribution in [0.1, 0.15) is 63.2 Å². The second kappa shape index (κ2) is 9.50. The molecule has 1 aliphatic rings. The van der Waals surface area contributed by atoms with Crippen molar-refractivity contribution < 1.29 is 9.63 Å². The fraction of sp³-hybridized carbons (Fsp3) is 0.583. The third kappa shape index (κ3) is 4.74. The highest BCUT2D eigenvalue weighted by molar-refractivity contribution is 7.19. The summed E-state index contributed by atoms with van der Waals surface area (Å²) in [7, 11) is 1.43. The topological polar surface area (TPSA) is 123 Å². The van der Waals surface area contributed by atoms with Gasteiger partial charge in [-0.05, 0) is 24.8 Å². The van der Waals surface area contributed by atoms with Gasteiger partial charge in [0.2, 0.25) is 0 Å². The van der Waals surface area contributed by atoms with Gasteiger partial charge in [-0.25, -0.2) is 9.86 Å². The van der Waals surface area contributed by atoms with Gasteiger partial charge in [0, 0.05) is 41.7 Å². The van der Waals surface area contributed by atoms with Crippen molar-refractivity contribution in [2.75, 3.05) is 13.2 Å². The van der Waals surface area contributed by atoms with Crippen LogP contribution in [0.5, 0.6) is 0 Å². The van der Waals surface area contributed by atoms with Crippen LogP contribution >= 0.6 is 11.3 Å². The molecule has 0 bridgehead atoms. The van der Waals surface area contributed by atoms with Crippen LogP contribution in [0.2, 0.25) is 0 Å². The van der Waals surface area contributed by atoms with Gasteiger partial charge >= 0.3 is 5.69 Å². The van der Waals surface area contributed by atoms with Crippen LogP contribution < -0.4 is 17.0 Å². The first-order valence-electron chi connectivity index (χ1n) is 11.5. The van der Waals surface area contributed by atoms with E-state index in [0.717, 1.165) is 4.57 Å². The van der Waals surface area contributed by atoms with Crippen molar-refractivity contribution in [1.29, 1.82) is 5.41 Å². The van der Waals surface area contributed by atoms with Gasteiger partial charge in [0.15, 0.2) is 0 Å². The molecule has 3 rings (SSSR count). The Kier molecular flexibility index (Phi) is 7.23. The summed E-state index contributed by atoms with van der Waals surface area (Å²) in [6.07, 6.45) is 0.923. The van der Waals surface area contributed by atoms with Crippen molar-refractivity contribution in [1.82, 2.24) is 14.2 Å². The van der Waals surface area contributed by atoms with E-state index < -0.39 is 22.6 Å². The highest BCUT2D eigenvalue weighted by atomic mass is 32.1. The Morgan fingerprint density at radius 1 is 1.26 bits per heavy atom. The Labute approximate surface area is 203 Å². The van der Waals surface area contributed by atoms with E-state index in [4.69, 9.17) is 16.0 Å². The van der Waals surface area contributed by atoms with E-state index in [1.54, 1.807) is 11.5 Å². The maximum Gasteiger partial charge on any atom is 0.331 e. The molecule has 10 heteroatoms. The number of nitrogens with two attached hydrogens (primary N) is 1. The van der Waals surface area contributed by atoms with Crippen LogP contribution in [-0.2, 0) is 24.9 Å². The largest absolute Gasteiger partial charge is 0.402 e. The minimum Gasteiger partial charge on any atom is -0.402 e. The first kappa shape index (κ1) is 25.9. The normalized spacial score (nSPS) is 15.4. The van der Waals surface area contributed by atoms with Crippen molar-refractivity contribution >= 4 is 33.2 Å². The summed E-state index contributed by atoms with van der Waals surface area (Å²) < 4.78 is 2.63. The SMILES string of the molecule is CC(N)=C(Cc1sc2c(c1C(=O)N1CCCO1)c(=O)n(C)c(=O)n2CC(C)C)C(=N)C(C)(C)C. The molecule has 2 aromatic rings. The van der Waals surface area contributed by atoms with Crippen molar-refractivity contribution in [2.24, 2.45) is 24.1 Å². The molecule has 1 amide bonds. The van der Waals surface area contributed by atoms with Gasteiger partial charge in [-0.3, -0.25) is 23.6 Å². The van der Waals surface area contributed by atoms with Crippen LogP contribution in [0, 0.1) is 16.7 Å². The average molecular weight is 490 g/mol. The van der Waals surface area contributed by atoms with E-state index in [0.29, 0.717) is 52.8 Å². The molecule has 34 heavy (non-hydrogen) atoms. The van der Waals surface area contributed by atoms with Gasteiger partial charge in [0.05, 0.1) is 24.1 Å². The summed E-state index contributed by atoms with van der Waals surface area (Å²) >= 11 is 1.25. The predicted molar refractivity (Wildman–Crippen MR) is 136 cm³/mol. The monoisotopic (exact) mass is 489 g/mol. The maximum absolute atomic E-state index is 13.6. The second-order valence-corrected chi connectivity index (χ2v) is 11.4.